The van der Waals surface area contributed by atoms with Gasteiger partial charge in [-0.2, -0.15) is 12.6 Å². The highest BCUT2D eigenvalue weighted by molar-refractivity contribution is 7.79. The lowest BCUT2D eigenvalue weighted by Crippen LogP contribution is -1.76. The van der Waals surface area contributed by atoms with Crippen LogP contribution in [0.5, 0.6) is 0 Å². The molecular formula is C7H5ClN2S2. The van der Waals surface area contributed by atoms with Crippen molar-refractivity contribution in [2.45, 2.75) is 5.75 Å². The van der Waals surface area contributed by atoms with Crippen LogP contribution in [0, 0.1) is 0 Å². The maximum atomic E-state index is 5.86. The number of halogens is 1. The zero-order chi connectivity index (χ0) is 8.55. The van der Waals surface area contributed by atoms with Crippen molar-refractivity contribution in [2.75, 3.05) is 0 Å². The minimum absolute atomic E-state index is 0.526. The zero-order valence-corrected chi connectivity index (χ0v) is 8.46. The minimum Gasteiger partial charge on any atom is -0.235 e. The number of aromatic nitrogens is 2. The monoisotopic (exact) mass is 216 g/mol. The Kier molecular flexibility index (Phi) is 2.21. The normalized spacial score (nSPS) is 10.8. The van der Waals surface area contributed by atoms with Crippen LogP contribution in [0.3, 0.4) is 0 Å². The number of fused-ring (bicyclic) bond motifs is 1. The summed E-state index contributed by atoms with van der Waals surface area (Å²) in [6.45, 7) is 0. The molecule has 0 amide bonds. The van der Waals surface area contributed by atoms with Gasteiger partial charge in [-0.25, -0.2) is 9.97 Å². The van der Waals surface area contributed by atoms with Crippen LogP contribution in [0.1, 0.15) is 4.88 Å². The smallest absolute Gasteiger partial charge is 0.150 e. The molecule has 5 heteroatoms. The molecule has 2 nitrogen and oxygen atoms in total. The van der Waals surface area contributed by atoms with E-state index in [1.165, 1.54) is 6.33 Å². The fraction of sp³-hybridized carbons (Fsp3) is 0.143. The first-order valence-corrected chi connectivity index (χ1v) is 5.13. The Morgan fingerprint density at radius 3 is 3.00 bits per heavy atom. The molecule has 0 bridgehead atoms. The molecule has 2 heterocycles. The second-order valence-electron chi connectivity index (χ2n) is 2.25. The largest absolute Gasteiger partial charge is 0.235 e. The third kappa shape index (κ3) is 1.30. The molecule has 0 atom stereocenters. The van der Waals surface area contributed by atoms with E-state index in [4.69, 9.17) is 11.6 Å². The Hall–Kier alpha value is -0.320. The van der Waals surface area contributed by atoms with E-state index in [9.17, 15) is 0 Å². The van der Waals surface area contributed by atoms with Gasteiger partial charge < -0.3 is 0 Å². The topological polar surface area (TPSA) is 25.8 Å². The average molecular weight is 217 g/mol. The second-order valence-corrected chi connectivity index (χ2v) is 4.06. The van der Waals surface area contributed by atoms with Crippen LogP contribution < -0.4 is 0 Å². The molecule has 62 valence electrons. The lowest BCUT2D eigenvalue weighted by atomic mass is 10.4. The summed E-state index contributed by atoms with van der Waals surface area (Å²) in [5, 5.41) is 0.526. The van der Waals surface area contributed by atoms with Crippen molar-refractivity contribution >= 4 is 45.8 Å². The van der Waals surface area contributed by atoms with Crippen molar-refractivity contribution in [2.24, 2.45) is 0 Å². The van der Waals surface area contributed by atoms with Gasteiger partial charge in [0.1, 0.15) is 11.5 Å². The van der Waals surface area contributed by atoms with Gasteiger partial charge in [-0.15, -0.1) is 11.3 Å². The van der Waals surface area contributed by atoms with E-state index in [0.717, 1.165) is 20.8 Å². The van der Waals surface area contributed by atoms with Crippen LogP contribution in [-0.2, 0) is 5.75 Å². The quantitative estimate of drug-likeness (QED) is 0.586. The first-order valence-electron chi connectivity index (χ1n) is 3.31. The number of nitrogens with zero attached hydrogens (tertiary/aromatic N) is 2. The number of hydrogen-bond donors (Lipinski definition) is 1. The van der Waals surface area contributed by atoms with Crippen molar-refractivity contribution in [1.82, 2.24) is 9.97 Å². The van der Waals surface area contributed by atoms with Gasteiger partial charge in [-0.3, -0.25) is 0 Å². The van der Waals surface area contributed by atoms with Crippen LogP contribution in [0.4, 0.5) is 0 Å². The first-order chi connectivity index (χ1) is 5.81. The molecule has 2 rings (SSSR count). The molecule has 0 aliphatic carbocycles. The highest BCUT2D eigenvalue weighted by Gasteiger charge is 2.05. The molecule has 0 saturated carbocycles. The molecule has 0 N–H and O–H groups in total. The summed E-state index contributed by atoms with van der Waals surface area (Å²) < 4.78 is 0.947. The minimum atomic E-state index is 0.526. The SMILES string of the molecule is SCc1cc2ncnc(Cl)c2s1. The molecule has 0 radical (unpaired) electrons. The van der Waals surface area contributed by atoms with Gasteiger partial charge in [0.05, 0.1) is 10.2 Å². The van der Waals surface area contributed by atoms with Crippen molar-refractivity contribution in [3.8, 4) is 0 Å². The maximum Gasteiger partial charge on any atom is 0.150 e. The van der Waals surface area contributed by atoms with Crippen LogP contribution >= 0.6 is 35.6 Å². The van der Waals surface area contributed by atoms with Gasteiger partial charge in [-0.1, -0.05) is 11.6 Å². The van der Waals surface area contributed by atoms with E-state index < -0.39 is 0 Å². The number of rotatable bonds is 1. The van der Waals surface area contributed by atoms with E-state index in [1.807, 2.05) is 6.07 Å². The summed E-state index contributed by atoms with van der Waals surface area (Å²) in [6, 6.07) is 1.99. The molecule has 0 aromatic carbocycles. The van der Waals surface area contributed by atoms with E-state index in [1.54, 1.807) is 11.3 Å². The lowest BCUT2D eigenvalue weighted by Gasteiger charge is -1.87. The highest BCUT2D eigenvalue weighted by Crippen LogP contribution is 2.29. The van der Waals surface area contributed by atoms with Crippen molar-refractivity contribution in [3.63, 3.8) is 0 Å². The van der Waals surface area contributed by atoms with Crippen molar-refractivity contribution in [1.29, 1.82) is 0 Å². The van der Waals surface area contributed by atoms with Crippen LogP contribution in [0.2, 0.25) is 5.15 Å². The van der Waals surface area contributed by atoms with Gasteiger partial charge in [-0.05, 0) is 6.07 Å². The van der Waals surface area contributed by atoms with Gasteiger partial charge in [0, 0.05) is 10.6 Å². The summed E-state index contributed by atoms with van der Waals surface area (Å²) in [4.78, 5) is 9.15. The number of thiophene rings is 1. The number of hydrogen-bond acceptors (Lipinski definition) is 4. The fourth-order valence-electron chi connectivity index (χ4n) is 0.953. The predicted octanol–water partition coefficient (Wildman–Crippen LogP) is 2.77. The molecule has 0 saturated heterocycles. The van der Waals surface area contributed by atoms with Crippen molar-refractivity contribution < 1.29 is 0 Å². The average Bonchev–Trinajstić information content (AvgIpc) is 2.49. The first kappa shape index (κ1) is 8.29. The van der Waals surface area contributed by atoms with Crippen LogP contribution in [0.15, 0.2) is 12.4 Å². The lowest BCUT2D eigenvalue weighted by molar-refractivity contribution is 1.23. The standard InChI is InChI=1S/C7H5ClN2S2/c8-7-6-5(9-3-10-7)1-4(2-11)12-6/h1,3,11H,2H2. The second kappa shape index (κ2) is 3.20. The van der Waals surface area contributed by atoms with Gasteiger partial charge in [0.2, 0.25) is 0 Å². The molecule has 0 fully saturated rings. The van der Waals surface area contributed by atoms with E-state index in [-0.39, 0.29) is 0 Å². The summed E-state index contributed by atoms with van der Waals surface area (Å²) in [6.07, 6.45) is 1.47. The molecule has 12 heavy (non-hydrogen) atoms. The van der Waals surface area contributed by atoms with Gasteiger partial charge in [0.15, 0.2) is 0 Å². The van der Waals surface area contributed by atoms with Crippen molar-refractivity contribution in [3.05, 3.63) is 22.4 Å². The Bertz CT molecular complexity index is 413. The molecular weight excluding hydrogens is 212 g/mol. The Morgan fingerprint density at radius 1 is 1.50 bits per heavy atom. The third-order valence-corrected chi connectivity index (χ3v) is 3.56. The molecule has 2 aromatic heterocycles. The third-order valence-electron chi connectivity index (χ3n) is 1.47. The summed E-state index contributed by atoms with van der Waals surface area (Å²) >= 11 is 11.6. The number of thiol groups is 1. The van der Waals surface area contributed by atoms with E-state index >= 15 is 0 Å². The Morgan fingerprint density at radius 2 is 2.33 bits per heavy atom. The van der Waals surface area contributed by atoms with Gasteiger partial charge in [0.25, 0.3) is 0 Å². The molecule has 0 aliphatic heterocycles. The van der Waals surface area contributed by atoms with Crippen LogP contribution in [-0.4, -0.2) is 9.97 Å². The summed E-state index contributed by atoms with van der Waals surface area (Å²) in [7, 11) is 0. The summed E-state index contributed by atoms with van der Waals surface area (Å²) in [5.41, 5.74) is 0.907. The van der Waals surface area contributed by atoms with Gasteiger partial charge >= 0.3 is 0 Å². The zero-order valence-electron chi connectivity index (χ0n) is 5.99. The molecule has 0 unspecified atom stereocenters. The van der Waals surface area contributed by atoms with E-state index in [0.29, 0.717) is 5.15 Å². The maximum absolute atomic E-state index is 5.86. The summed E-state index contributed by atoms with van der Waals surface area (Å²) in [5.74, 6) is 0.720. The van der Waals surface area contributed by atoms with E-state index in [2.05, 4.69) is 22.6 Å². The molecule has 0 aliphatic rings. The predicted molar refractivity (Wildman–Crippen MR) is 55.1 cm³/mol. The Balaban J connectivity index is 2.74. The highest BCUT2D eigenvalue weighted by atomic mass is 35.5. The molecule has 0 spiro atoms. The molecule has 2 aromatic rings. The fourth-order valence-corrected chi connectivity index (χ4v) is 2.34. The Labute approximate surface area is 84.0 Å². The van der Waals surface area contributed by atoms with Crippen LogP contribution in [0.25, 0.3) is 10.2 Å².